The number of ether oxygens (including phenoxy) is 2. The zero-order valence-electron chi connectivity index (χ0n) is 13.2. The quantitative estimate of drug-likeness (QED) is 0.858. The third-order valence-electron chi connectivity index (χ3n) is 4.62. The molecule has 1 aromatic rings. The van der Waals surface area contributed by atoms with Gasteiger partial charge in [0.2, 0.25) is 5.91 Å². The molecule has 2 aliphatic heterocycles. The highest BCUT2D eigenvalue weighted by Gasteiger charge is 2.31. The average Bonchev–Trinajstić information content (AvgIpc) is 2.60. The number of amides is 1. The molecule has 0 aliphatic carbocycles. The molecule has 5 heteroatoms. The van der Waals surface area contributed by atoms with E-state index in [9.17, 15) is 4.79 Å². The van der Waals surface area contributed by atoms with Gasteiger partial charge in [0.25, 0.3) is 0 Å². The van der Waals surface area contributed by atoms with Crippen molar-refractivity contribution in [3.8, 4) is 11.5 Å². The zero-order valence-corrected chi connectivity index (χ0v) is 14.0. The second-order valence-electron chi connectivity index (χ2n) is 5.98. The molecule has 120 valence electrons. The van der Waals surface area contributed by atoms with E-state index in [1.807, 2.05) is 41.9 Å². The Bertz CT molecular complexity index is 543. The Morgan fingerprint density at radius 3 is 2.86 bits per heavy atom. The third kappa shape index (κ3) is 3.19. The van der Waals surface area contributed by atoms with E-state index in [1.165, 1.54) is 0 Å². The first kappa shape index (κ1) is 15.5. The highest BCUT2D eigenvalue weighted by molar-refractivity contribution is 7.99. The number of carbonyl (C=O) groups is 1. The Morgan fingerprint density at radius 1 is 1.36 bits per heavy atom. The molecule has 4 nitrogen and oxygen atoms in total. The number of thioether (sulfide) groups is 1. The fourth-order valence-corrected chi connectivity index (χ4v) is 4.26. The van der Waals surface area contributed by atoms with E-state index < -0.39 is 0 Å². The summed E-state index contributed by atoms with van der Waals surface area (Å²) >= 11 is 1.98. The molecule has 0 bridgehead atoms. The fraction of sp³-hybridized carbons (Fsp3) is 0.588. The summed E-state index contributed by atoms with van der Waals surface area (Å²) in [4.78, 5) is 14.7. The van der Waals surface area contributed by atoms with Crippen LogP contribution in [0.25, 0.3) is 0 Å². The van der Waals surface area contributed by atoms with Crippen molar-refractivity contribution in [3.05, 3.63) is 23.8 Å². The summed E-state index contributed by atoms with van der Waals surface area (Å²) in [5.41, 5.74) is 1.10. The minimum Gasteiger partial charge on any atom is -0.497 e. The first-order valence-electron chi connectivity index (χ1n) is 7.83. The van der Waals surface area contributed by atoms with E-state index in [-0.39, 0.29) is 11.8 Å². The summed E-state index contributed by atoms with van der Waals surface area (Å²) < 4.78 is 11.0. The standard InChI is InChI=1S/C17H23NO3S/c1-18(14-5-7-22-8-6-14)17(19)13-9-12-3-4-15(20-2)10-16(12)21-11-13/h3-4,10,13-14H,5-9,11H2,1-2H3/t13-/m1/s1. The number of fused-ring (bicyclic) bond motifs is 1. The topological polar surface area (TPSA) is 38.8 Å². The summed E-state index contributed by atoms with van der Waals surface area (Å²) in [7, 11) is 3.60. The van der Waals surface area contributed by atoms with E-state index in [1.54, 1.807) is 7.11 Å². The lowest BCUT2D eigenvalue weighted by molar-refractivity contribution is -0.137. The van der Waals surface area contributed by atoms with Gasteiger partial charge in [-0.15, -0.1) is 0 Å². The molecule has 22 heavy (non-hydrogen) atoms. The summed E-state index contributed by atoms with van der Waals surface area (Å²) in [6.45, 7) is 0.463. The van der Waals surface area contributed by atoms with Crippen LogP contribution in [0.5, 0.6) is 11.5 Å². The smallest absolute Gasteiger partial charge is 0.229 e. The number of hydrogen-bond donors (Lipinski definition) is 0. The van der Waals surface area contributed by atoms with Crippen LogP contribution in [0.15, 0.2) is 18.2 Å². The molecule has 2 aliphatic rings. The first-order valence-corrected chi connectivity index (χ1v) is 8.98. The van der Waals surface area contributed by atoms with Gasteiger partial charge in [-0.1, -0.05) is 6.07 Å². The predicted octanol–water partition coefficient (Wildman–Crippen LogP) is 2.60. The second kappa shape index (κ2) is 6.82. The van der Waals surface area contributed by atoms with Crippen LogP contribution in [0, 0.1) is 5.92 Å². The van der Waals surface area contributed by atoms with Gasteiger partial charge in [0, 0.05) is 19.2 Å². The van der Waals surface area contributed by atoms with Crippen molar-refractivity contribution >= 4 is 17.7 Å². The molecule has 0 radical (unpaired) electrons. The highest BCUT2D eigenvalue weighted by atomic mass is 32.2. The number of nitrogens with zero attached hydrogens (tertiary/aromatic N) is 1. The first-order chi connectivity index (χ1) is 10.7. The van der Waals surface area contributed by atoms with Crippen LogP contribution >= 0.6 is 11.8 Å². The van der Waals surface area contributed by atoms with Gasteiger partial charge in [-0.25, -0.2) is 0 Å². The van der Waals surface area contributed by atoms with Crippen LogP contribution in [0.1, 0.15) is 18.4 Å². The maximum Gasteiger partial charge on any atom is 0.229 e. The van der Waals surface area contributed by atoms with Gasteiger partial charge in [0.15, 0.2) is 0 Å². The van der Waals surface area contributed by atoms with Crippen molar-refractivity contribution in [3.63, 3.8) is 0 Å². The van der Waals surface area contributed by atoms with Crippen LogP contribution in [0.3, 0.4) is 0 Å². The molecule has 0 aromatic heterocycles. The zero-order chi connectivity index (χ0) is 15.5. The minimum absolute atomic E-state index is 0.0690. The minimum atomic E-state index is -0.0690. The molecule has 0 saturated carbocycles. The molecule has 1 aromatic carbocycles. The van der Waals surface area contributed by atoms with Crippen molar-refractivity contribution in [2.24, 2.45) is 5.92 Å². The van der Waals surface area contributed by atoms with Crippen molar-refractivity contribution in [1.29, 1.82) is 0 Å². The van der Waals surface area contributed by atoms with Crippen molar-refractivity contribution in [2.75, 3.05) is 32.3 Å². The summed E-state index contributed by atoms with van der Waals surface area (Å²) in [6, 6.07) is 6.23. The van der Waals surface area contributed by atoms with E-state index in [2.05, 4.69) is 0 Å². The van der Waals surface area contributed by atoms with Gasteiger partial charge in [-0.3, -0.25) is 4.79 Å². The molecule has 0 N–H and O–H groups in total. The van der Waals surface area contributed by atoms with Crippen LogP contribution in [-0.4, -0.2) is 49.1 Å². The molecule has 1 atom stereocenters. The molecule has 2 heterocycles. The van der Waals surface area contributed by atoms with Crippen LogP contribution < -0.4 is 9.47 Å². The van der Waals surface area contributed by atoms with Gasteiger partial charge in [-0.2, -0.15) is 11.8 Å². The number of benzene rings is 1. The van der Waals surface area contributed by atoms with E-state index in [4.69, 9.17) is 9.47 Å². The van der Waals surface area contributed by atoms with Crippen molar-refractivity contribution < 1.29 is 14.3 Å². The highest BCUT2D eigenvalue weighted by Crippen LogP contribution is 2.32. The molecule has 1 saturated heterocycles. The maximum absolute atomic E-state index is 12.7. The summed E-state index contributed by atoms with van der Waals surface area (Å²) in [5, 5.41) is 0. The van der Waals surface area contributed by atoms with Gasteiger partial charge in [0.05, 0.1) is 13.0 Å². The van der Waals surface area contributed by atoms with E-state index >= 15 is 0 Å². The number of hydrogen-bond acceptors (Lipinski definition) is 4. The Hall–Kier alpha value is -1.36. The van der Waals surface area contributed by atoms with E-state index in [0.717, 1.165) is 47.8 Å². The van der Waals surface area contributed by atoms with Gasteiger partial charge < -0.3 is 14.4 Å². The summed E-state index contributed by atoms with van der Waals surface area (Å²) in [6.07, 6.45) is 2.96. The largest absolute Gasteiger partial charge is 0.497 e. The molecule has 0 spiro atoms. The predicted molar refractivity (Wildman–Crippen MR) is 88.8 cm³/mol. The third-order valence-corrected chi connectivity index (χ3v) is 5.66. The van der Waals surface area contributed by atoms with E-state index in [0.29, 0.717) is 12.6 Å². The van der Waals surface area contributed by atoms with Crippen molar-refractivity contribution in [1.82, 2.24) is 4.90 Å². The Labute approximate surface area is 136 Å². The van der Waals surface area contributed by atoms with Gasteiger partial charge in [0.1, 0.15) is 18.1 Å². The maximum atomic E-state index is 12.7. The monoisotopic (exact) mass is 321 g/mol. The molecule has 1 fully saturated rings. The normalized spacial score (nSPS) is 21.6. The lowest BCUT2D eigenvalue weighted by Crippen LogP contribution is -2.45. The lowest BCUT2D eigenvalue weighted by atomic mass is 9.94. The lowest BCUT2D eigenvalue weighted by Gasteiger charge is -2.35. The van der Waals surface area contributed by atoms with Gasteiger partial charge >= 0.3 is 0 Å². The molecular weight excluding hydrogens is 298 g/mol. The number of carbonyl (C=O) groups excluding carboxylic acids is 1. The molecule has 0 unspecified atom stereocenters. The second-order valence-corrected chi connectivity index (χ2v) is 7.20. The molecule has 3 rings (SSSR count). The molecule has 1 amide bonds. The Morgan fingerprint density at radius 2 is 2.14 bits per heavy atom. The molecular formula is C17H23NO3S. The number of rotatable bonds is 3. The Balaban J connectivity index is 1.66. The fourth-order valence-electron chi connectivity index (χ4n) is 3.18. The summed E-state index contributed by atoms with van der Waals surface area (Å²) in [5.74, 6) is 4.11. The van der Waals surface area contributed by atoms with Gasteiger partial charge in [-0.05, 0) is 42.4 Å². The van der Waals surface area contributed by atoms with Crippen LogP contribution in [0.2, 0.25) is 0 Å². The average molecular weight is 321 g/mol. The van der Waals surface area contributed by atoms with Crippen LogP contribution in [-0.2, 0) is 11.2 Å². The van der Waals surface area contributed by atoms with Crippen LogP contribution in [0.4, 0.5) is 0 Å². The number of methoxy groups -OCH3 is 1. The van der Waals surface area contributed by atoms with Crippen molar-refractivity contribution in [2.45, 2.75) is 25.3 Å². The Kier molecular flexibility index (Phi) is 4.81. The SMILES string of the molecule is COc1ccc2c(c1)OC[C@H](C(=O)N(C)C1CCSCC1)C2.